The van der Waals surface area contributed by atoms with Gasteiger partial charge in [0.2, 0.25) is 10.0 Å². The van der Waals surface area contributed by atoms with Crippen LogP contribution in [0.5, 0.6) is 0 Å². The molecule has 29 heavy (non-hydrogen) atoms. The molecule has 0 bridgehead atoms. The highest BCUT2D eigenvalue weighted by Crippen LogP contribution is 2.21. The zero-order valence-electron chi connectivity index (χ0n) is 16.6. The minimum absolute atomic E-state index is 0.121. The van der Waals surface area contributed by atoms with Crippen LogP contribution in [0.4, 0.5) is 10.1 Å². The Morgan fingerprint density at radius 2 is 1.90 bits per heavy atom. The zero-order chi connectivity index (χ0) is 21.5. The lowest BCUT2D eigenvalue weighted by atomic mass is 10.0. The van der Waals surface area contributed by atoms with E-state index in [2.05, 4.69) is 11.8 Å². The number of hydrogen-bond donors (Lipinski definition) is 2. The van der Waals surface area contributed by atoms with Gasteiger partial charge in [0.15, 0.2) is 5.54 Å². The molecule has 1 saturated heterocycles. The lowest BCUT2D eigenvalue weighted by Gasteiger charge is -2.36. The van der Waals surface area contributed by atoms with E-state index in [9.17, 15) is 22.7 Å². The second kappa shape index (κ2) is 10.1. The van der Waals surface area contributed by atoms with Gasteiger partial charge in [-0.1, -0.05) is 37.8 Å². The number of rotatable bonds is 8. The van der Waals surface area contributed by atoms with Crippen LogP contribution >= 0.6 is 0 Å². The molecular formula is C20H28FN3O4S. The highest BCUT2D eigenvalue weighted by molar-refractivity contribution is 7.89. The zero-order valence-corrected chi connectivity index (χ0v) is 17.4. The molecule has 1 aromatic rings. The van der Waals surface area contributed by atoms with Crippen molar-refractivity contribution in [2.24, 2.45) is 5.73 Å². The first-order chi connectivity index (χ1) is 13.7. The molecule has 1 aliphatic heterocycles. The van der Waals surface area contributed by atoms with E-state index in [1.54, 1.807) is 23.1 Å². The fraction of sp³-hybridized carbons (Fsp3) is 0.550. The molecule has 7 nitrogen and oxygen atoms in total. The number of aliphatic carboxylic acids is 1. The molecule has 0 amide bonds. The molecule has 1 aromatic carbocycles. The third kappa shape index (κ3) is 6.16. The molecule has 1 atom stereocenters. The molecule has 0 aliphatic carbocycles. The third-order valence-electron chi connectivity index (χ3n) is 4.83. The normalized spacial score (nSPS) is 17.3. The molecule has 160 valence electrons. The Morgan fingerprint density at radius 1 is 1.24 bits per heavy atom. The highest BCUT2D eigenvalue weighted by atomic mass is 32.2. The summed E-state index contributed by atoms with van der Waals surface area (Å²) in [7, 11) is -3.94. The summed E-state index contributed by atoms with van der Waals surface area (Å²) >= 11 is 0. The predicted molar refractivity (Wildman–Crippen MR) is 110 cm³/mol. The lowest BCUT2D eigenvalue weighted by molar-refractivity contribution is -0.140. The van der Waals surface area contributed by atoms with Crippen LogP contribution in [0.2, 0.25) is 0 Å². The number of carboxylic acids is 1. The molecule has 0 radical (unpaired) electrons. The number of para-hydroxylation sites is 1. The predicted octanol–water partition coefficient (Wildman–Crippen LogP) is 1.64. The van der Waals surface area contributed by atoms with Crippen molar-refractivity contribution in [3.63, 3.8) is 0 Å². The van der Waals surface area contributed by atoms with Crippen LogP contribution in [-0.4, -0.2) is 61.3 Å². The Kier molecular flexibility index (Phi) is 8.02. The minimum Gasteiger partial charge on any atom is -0.479 e. The van der Waals surface area contributed by atoms with Crippen LogP contribution in [0, 0.1) is 17.7 Å². The molecule has 3 N–H and O–H groups in total. The number of carbonyl (C=O) groups is 1. The highest BCUT2D eigenvalue weighted by Gasteiger charge is 2.40. The van der Waals surface area contributed by atoms with E-state index >= 15 is 0 Å². The number of carboxylic acid groups (broad SMARTS) is 1. The van der Waals surface area contributed by atoms with Gasteiger partial charge in [0, 0.05) is 32.6 Å². The summed E-state index contributed by atoms with van der Waals surface area (Å²) in [6.07, 6.45) is 3.25. The first-order valence-electron chi connectivity index (χ1n) is 9.69. The molecule has 1 unspecified atom stereocenters. The van der Waals surface area contributed by atoms with Gasteiger partial charge in [0.25, 0.3) is 0 Å². The third-order valence-corrected chi connectivity index (χ3v) is 6.81. The first kappa shape index (κ1) is 23.1. The summed E-state index contributed by atoms with van der Waals surface area (Å²) in [5.41, 5.74) is 4.11. The molecular weight excluding hydrogens is 397 g/mol. The van der Waals surface area contributed by atoms with Crippen molar-refractivity contribution in [1.29, 1.82) is 0 Å². The number of hydrogen-bond acceptors (Lipinski definition) is 5. The summed E-state index contributed by atoms with van der Waals surface area (Å²) in [5.74, 6) is 2.54. The van der Waals surface area contributed by atoms with Crippen LogP contribution in [0.3, 0.4) is 0 Å². The fourth-order valence-corrected chi connectivity index (χ4v) is 4.80. The summed E-state index contributed by atoms with van der Waals surface area (Å²) in [6, 6.07) is 6.31. The van der Waals surface area contributed by atoms with E-state index in [1.807, 2.05) is 6.92 Å². The monoisotopic (exact) mass is 425 g/mol. The maximum absolute atomic E-state index is 13.9. The van der Waals surface area contributed by atoms with Crippen LogP contribution in [0.25, 0.3) is 0 Å². The number of halogens is 1. The number of unbranched alkanes of at least 4 members (excludes halogenated alkanes) is 3. The molecule has 0 aromatic heterocycles. The first-order valence-corrected chi connectivity index (χ1v) is 11.3. The van der Waals surface area contributed by atoms with Crippen molar-refractivity contribution in [1.82, 2.24) is 4.31 Å². The van der Waals surface area contributed by atoms with Crippen molar-refractivity contribution in [2.75, 3.05) is 36.8 Å². The average Bonchev–Trinajstić information content (AvgIpc) is 2.68. The van der Waals surface area contributed by atoms with Gasteiger partial charge in [-0.25, -0.2) is 17.6 Å². The second-order valence-corrected chi connectivity index (χ2v) is 9.10. The van der Waals surface area contributed by atoms with Gasteiger partial charge >= 0.3 is 5.97 Å². The molecule has 1 aliphatic rings. The smallest absolute Gasteiger partial charge is 0.337 e. The van der Waals surface area contributed by atoms with Crippen LogP contribution in [-0.2, 0) is 14.8 Å². The molecule has 9 heteroatoms. The maximum atomic E-state index is 13.9. The Morgan fingerprint density at radius 3 is 2.48 bits per heavy atom. The van der Waals surface area contributed by atoms with Crippen molar-refractivity contribution in [3.8, 4) is 11.8 Å². The van der Waals surface area contributed by atoms with E-state index in [-0.39, 0.29) is 18.9 Å². The summed E-state index contributed by atoms with van der Waals surface area (Å²) in [5, 5.41) is 9.46. The number of piperazine rings is 1. The van der Waals surface area contributed by atoms with Gasteiger partial charge < -0.3 is 15.7 Å². The Hall–Kier alpha value is -2.15. The molecule has 0 spiro atoms. The van der Waals surface area contributed by atoms with Crippen molar-refractivity contribution in [2.45, 2.75) is 38.1 Å². The van der Waals surface area contributed by atoms with Gasteiger partial charge in [0.05, 0.1) is 5.69 Å². The Labute approximate surface area is 171 Å². The minimum atomic E-state index is -3.94. The quantitative estimate of drug-likeness (QED) is 0.485. The van der Waals surface area contributed by atoms with E-state index in [0.29, 0.717) is 25.2 Å². The van der Waals surface area contributed by atoms with E-state index < -0.39 is 27.3 Å². The standard InChI is InChI=1S/C20H28FN3O4S/c1-2-3-4-5-8-11-20(22,19(25)26)16-29(27,28)24-14-12-23(13-15-24)18-10-7-6-9-17(18)21/h6-7,9-10H,2-5,12-16,22H2,1H3,(H,25,26). The van der Waals surface area contributed by atoms with E-state index in [4.69, 9.17) is 5.73 Å². The molecule has 1 fully saturated rings. The molecule has 2 rings (SSSR count). The van der Waals surface area contributed by atoms with Gasteiger partial charge in [-0.3, -0.25) is 0 Å². The summed E-state index contributed by atoms with van der Waals surface area (Å²) in [4.78, 5) is 13.4. The van der Waals surface area contributed by atoms with Crippen molar-refractivity contribution < 1.29 is 22.7 Å². The number of anilines is 1. The lowest BCUT2D eigenvalue weighted by Crippen LogP contribution is -2.57. The number of nitrogens with zero attached hydrogens (tertiary/aromatic N) is 2. The fourth-order valence-electron chi connectivity index (χ4n) is 3.13. The molecule has 0 saturated carbocycles. The Bertz CT molecular complexity index is 873. The topological polar surface area (TPSA) is 104 Å². The molecule has 1 heterocycles. The largest absolute Gasteiger partial charge is 0.479 e. The van der Waals surface area contributed by atoms with E-state index in [1.165, 1.54) is 10.4 Å². The van der Waals surface area contributed by atoms with Gasteiger partial charge in [0.1, 0.15) is 11.6 Å². The SMILES string of the molecule is CCCCCC#CC(N)(CS(=O)(=O)N1CCN(c2ccccc2F)CC1)C(=O)O. The summed E-state index contributed by atoms with van der Waals surface area (Å²) in [6.45, 7) is 2.88. The number of benzene rings is 1. The van der Waals surface area contributed by atoms with E-state index in [0.717, 1.165) is 19.3 Å². The maximum Gasteiger partial charge on any atom is 0.337 e. The van der Waals surface area contributed by atoms with Gasteiger partial charge in [-0.15, -0.1) is 5.92 Å². The Balaban J connectivity index is 2.04. The van der Waals surface area contributed by atoms with Crippen LogP contribution in [0.15, 0.2) is 24.3 Å². The van der Waals surface area contributed by atoms with Gasteiger partial charge in [-0.05, 0) is 18.6 Å². The van der Waals surface area contributed by atoms with Crippen LogP contribution < -0.4 is 10.6 Å². The average molecular weight is 426 g/mol. The van der Waals surface area contributed by atoms with Crippen LogP contribution in [0.1, 0.15) is 32.6 Å². The summed E-state index contributed by atoms with van der Waals surface area (Å²) < 4.78 is 40.7. The number of sulfonamides is 1. The van der Waals surface area contributed by atoms with Crippen molar-refractivity contribution >= 4 is 21.7 Å². The van der Waals surface area contributed by atoms with Crippen molar-refractivity contribution in [3.05, 3.63) is 30.1 Å². The van der Waals surface area contributed by atoms with Gasteiger partial charge in [-0.2, -0.15) is 4.31 Å². The second-order valence-electron chi connectivity index (χ2n) is 7.13. The number of nitrogens with two attached hydrogens (primary N) is 1.